The van der Waals surface area contributed by atoms with E-state index in [0.29, 0.717) is 12.2 Å². The van der Waals surface area contributed by atoms with Crippen LogP contribution in [0.15, 0.2) is 12.1 Å². The van der Waals surface area contributed by atoms with Crippen LogP contribution in [0, 0.1) is 5.82 Å². The van der Waals surface area contributed by atoms with Crippen LogP contribution < -0.4 is 11.1 Å². The predicted octanol–water partition coefficient (Wildman–Crippen LogP) is 1.63. The summed E-state index contributed by atoms with van der Waals surface area (Å²) < 4.78 is 13.4. The van der Waals surface area contributed by atoms with E-state index in [1.165, 1.54) is 0 Å². The summed E-state index contributed by atoms with van der Waals surface area (Å²) in [6.07, 6.45) is 0.745. The molecule has 0 aliphatic heterocycles. The van der Waals surface area contributed by atoms with E-state index in [4.69, 9.17) is 15.9 Å². The Kier molecular flexibility index (Phi) is 6.44. The first-order chi connectivity index (χ1) is 9.06. The summed E-state index contributed by atoms with van der Waals surface area (Å²) in [7, 11) is 0. The van der Waals surface area contributed by atoms with Gasteiger partial charge in [-0.25, -0.2) is 9.18 Å². The third-order valence-electron chi connectivity index (χ3n) is 2.38. The molecule has 0 fully saturated rings. The Labute approximate surface area is 115 Å². The largest absolute Gasteiger partial charge is 0.478 e. The number of hydrogen-bond acceptors (Lipinski definition) is 5. The molecule has 0 aliphatic rings. The number of nitrogens with two attached hydrogens (primary N) is 1. The van der Waals surface area contributed by atoms with Crippen molar-refractivity contribution in [3.05, 3.63) is 23.5 Å². The number of carboxylic acid groups (broad SMARTS) is 1. The van der Waals surface area contributed by atoms with Gasteiger partial charge in [0.1, 0.15) is 5.82 Å². The van der Waals surface area contributed by atoms with Gasteiger partial charge < -0.3 is 21.3 Å². The molecule has 0 unspecified atom stereocenters. The first-order valence-electron chi connectivity index (χ1n) is 5.81. The van der Waals surface area contributed by atoms with Gasteiger partial charge in [0.2, 0.25) is 0 Å². The van der Waals surface area contributed by atoms with Crippen molar-refractivity contribution in [1.29, 1.82) is 0 Å². The maximum atomic E-state index is 13.4. The van der Waals surface area contributed by atoms with Crippen LogP contribution in [0.5, 0.6) is 0 Å². The van der Waals surface area contributed by atoms with Crippen molar-refractivity contribution in [3.8, 4) is 0 Å². The number of carboxylic acids is 1. The zero-order valence-electron chi connectivity index (χ0n) is 10.4. The lowest BCUT2D eigenvalue weighted by atomic mass is 10.1. The molecular formula is C12H17FN2O3S. The molecule has 0 aromatic heterocycles. The third-order valence-corrected chi connectivity index (χ3v) is 3.45. The maximum absolute atomic E-state index is 13.4. The normalized spacial score (nSPS) is 10.4. The second kappa shape index (κ2) is 7.85. The van der Waals surface area contributed by atoms with E-state index in [0.717, 1.165) is 30.1 Å². The van der Waals surface area contributed by atoms with E-state index in [1.807, 2.05) is 0 Å². The van der Waals surface area contributed by atoms with Gasteiger partial charge in [0.15, 0.2) is 0 Å². The Morgan fingerprint density at radius 2 is 2.16 bits per heavy atom. The highest BCUT2D eigenvalue weighted by atomic mass is 32.2. The second-order valence-corrected chi connectivity index (χ2v) is 5.07. The van der Waals surface area contributed by atoms with Gasteiger partial charge in [0.05, 0.1) is 16.9 Å². The molecule has 1 aromatic carbocycles. The molecule has 19 heavy (non-hydrogen) atoms. The molecule has 0 amide bonds. The summed E-state index contributed by atoms with van der Waals surface area (Å²) in [5.74, 6) is -0.491. The molecule has 0 aliphatic carbocycles. The molecule has 0 bridgehead atoms. The molecule has 7 heteroatoms. The number of carbonyl (C=O) groups is 1. The number of anilines is 2. The average Bonchev–Trinajstić information content (AvgIpc) is 2.36. The van der Waals surface area contributed by atoms with Crippen LogP contribution >= 0.6 is 11.8 Å². The number of aromatic carboxylic acids is 1. The number of aliphatic hydroxyl groups excluding tert-OH is 1. The maximum Gasteiger partial charge on any atom is 0.338 e. The van der Waals surface area contributed by atoms with Gasteiger partial charge in [0, 0.05) is 18.9 Å². The average molecular weight is 288 g/mol. The Morgan fingerprint density at radius 1 is 1.42 bits per heavy atom. The summed E-state index contributed by atoms with van der Waals surface area (Å²) in [5, 5.41) is 20.3. The molecule has 0 spiro atoms. The Balaban J connectivity index is 2.50. The van der Waals surface area contributed by atoms with Crippen LogP contribution in [0.3, 0.4) is 0 Å². The molecule has 0 radical (unpaired) electrons. The van der Waals surface area contributed by atoms with Gasteiger partial charge in [-0.3, -0.25) is 0 Å². The van der Waals surface area contributed by atoms with E-state index in [2.05, 4.69) is 5.32 Å². The smallest absolute Gasteiger partial charge is 0.338 e. The molecular weight excluding hydrogens is 271 g/mol. The van der Waals surface area contributed by atoms with Gasteiger partial charge in [-0.2, -0.15) is 11.8 Å². The zero-order valence-corrected chi connectivity index (χ0v) is 11.2. The molecule has 5 N–H and O–H groups in total. The van der Waals surface area contributed by atoms with Crippen LogP contribution in [-0.4, -0.2) is 40.8 Å². The number of halogens is 1. The van der Waals surface area contributed by atoms with Gasteiger partial charge in [-0.05, 0) is 24.3 Å². The minimum atomic E-state index is -1.34. The van der Waals surface area contributed by atoms with Crippen molar-refractivity contribution in [2.75, 3.05) is 35.7 Å². The molecule has 0 atom stereocenters. The summed E-state index contributed by atoms with van der Waals surface area (Å²) >= 11 is 1.66. The van der Waals surface area contributed by atoms with Gasteiger partial charge in [0.25, 0.3) is 0 Å². The molecule has 1 aromatic rings. The number of nitrogen functional groups attached to an aromatic ring is 1. The Hall–Kier alpha value is -1.47. The lowest BCUT2D eigenvalue weighted by Gasteiger charge is -2.10. The first kappa shape index (κ1) is 15.6. The quantitative estimate of drug-likeness (QED) is 0.429. The van der Waals surface area contributed by atoms with E-state index >= 15 is 0 Å². The minimum absolute atomic E-state index is 0.176. The van der Waals surface area contributed by atoms with E-state index in [9.17, 15) is 9.18 Å². The fraction of sp³-hybridized carbons (Fsp3) is 0.417. The molecule has 0 heterocycles. The van der Waals surface area contributed by atoms with Crippen molar-refractivity contribution in [2.45, 2.75) is 6.42 Å². The molecule has 0 saturated heterocycles. The number of thioether (sulfide) groups is 1. The highest BCUT2D eigenvalue weighted by molar-refractivity contribution is 7.99. The zero-order chi connectivity index (χ0) is 14.3. The molecule has 5 nitrogen and oxygen atoms in total. The third kappa shape index (κ3) is 4.96. The van der Waals surface area contributed by atoms with Crippen LogP contribution in [0.4, 0.5) is 15.8 Å². The number of hydrogen-bond donors (Lipinski definition) is 4. The summed E-state index contributed by atoms with van der Waals surface area (Å²) in [6, 6.07) is 2.20. The summed E-state index contributed by atoms with van der Waals surface area (Å²) in [5.41, 5.74) is 5.83. The predicted molar refractivity (Wildman–Crippen MR) is 75.3 cm³/mol. The topological polar surface area (TPSA) is 95.6 Å². The monoisotopic (exact) mass is 288 g/mol. The molecule has 0 saturated carbocycles. The number of benzene rings is 1. The number of nitrogens with one attached hydrogen (secondary N) is 1. The van der Waals surface area contributed by atoms with Crippen molar-refractivity contribution in [1.82, 2.24) is 0 Å². The Bertz CT molecular complexity index is 443. The first-order valence-corrected chi connectivity index (χ1v) is 6.96. The lowest BCUT2D eigenvalue weighted by Crippen LogP contribution is -2.09. The van der Waals surface area contributed by atoms with Crippen molar-refractivity contribution in [3.63, 3.8) is 0 Å². The van der Waals surface area contributed by atoms with Crippen molar-refractivity contribution in [2.24, 2.45) is 0 Å². The highest BCUT2D eigenvalue weighted by Gasteiger charge is 2.13. The fourth-order valence-electron chi connectivity index (χ4n) is 1.43. The summed E-state index contributed by atoms with van der Waals surface area (Å²) in [6.45, 7) is 0.765. The van der Waals surface area contributed by atoms with E-state index in [-0.39, 0.29) is 12.3 Å². The van der Waals surface area contributed by atoms with Crippen LogP contribution in [0.1, 0.15) is 16.8 Å². The minimum Gasteiger partial charge on any atom is -0.478 e. The standard InChI is InChI=1S/C12H17FN2O3S/c13-9-7-11(10(14)6-8(9)12(17)18)15-2-5-19-4-1-3-16/h6-7,15-16H,1-5,14H2,(H,17,18). The summed E-state index contributed by atoms with van der Waals surface area (Å²) in [4.78, 5) is 10.7. The number of aliphatic hydroxyl groups is 1. The van der Waals surface area contributed by atoms with Crippen LogP contribution in [-0.2, 0) is 0 Å². The van der Waals surface area contributed by atoms with Crippen molar-refractivity contribution >= 4 is 29.1 Å². The van der Waals surface area contributed by atoms with E-state index < -0.39 is 17.3 Å². The van der Waals surface area contributed by atoms with Gasteiger partial charge in [-0.15, -0.1) is 0 Å². The molecule has 1 rings (SSSR count). The number of rotatable bonds is 8. The van der Waals surface area contributed by atoms with Crippen molar-refractivity contribution < 1.29 is 19.4 Å². The van der Waals surface area contributed by atoms with Gasteiger partial charge in [-0.1, -0.05) is 0 Å². The van der Waals surface area contributed by atoms with Crippen LogP contribution in [0.2, 0.25) is 0 Å². The Morgan fingerprint density at radius 3 is 2.79 bits per heavy atom. The SMILES string of the molecule is Nc1cc(C(=O)O)c(F)cc1NCCSCCCO. The fourth-order valence-corrected chi connectivity index (χ4v) is 2.22. The molecule has 106 valence electrons. The van der Waals surface area contributed by atoms with Crippen LogP contribution in [0.25, 0.3) is 0 Å². The highest BCUT2D eigenvalue weighted by Crippen LogP contribution is 2.23. The van der Waals surface area contributed by atoms with E-state index in [1.54, 1.807) is 11.8 Å². The van der Waals surface area contributed by atoms with Gasteiger partial charge >= 0.3 is 5.97 Å². The lowest BCUT2D eigenvalue weighted by molar-refractivity contribution is 0.0692. The second-order valence-electron chi connectivity index (χ2n) is 3.84.